The van der Waals surface area contributed by atoms with Crippen molar-refractivity contribution < 1.29 is 26.4 Å². The first-order valence-electron chi connectivity index (χ1n) is 9.06. The van der Waals surface area contributed by atoms with Crippen molar-refractivity contribution in [3.05, 3.63) is 89.0 Å². The van der Waals surface area contributed by atoms with Crippen molar-refractivity contribution in [1.82, 2.24) is 0 Å². The van der Waals surface area contributed by atoms with Gasteiger partial charge in [-0.1, -0.05) is 54.6 Å². The number of benzene rings is 3. The Morgan fingerprint density at radius 1 is 0.933 bits per heavy atom. The van der Waals surface area contributed by atoms with Crippen molar-refractivity contribution in [2.75, 3.05) is 6.26 Å². The fourth-order valence-corrected chi connectivity index (χ4v) is 4.30. The van der Waals surface area contributed by atoms with Gasteiger partial charge in [-0.15, -0.1) is 0 Å². The minimum absolute atomic E-state index is 0.0518. The van der Waals surface area contributed by atoms with Gasteiger partial charge < -0.3 is 0 Å². The van der Waals surface area contributed by atoms with E-state index in [-0.39, 0.29) is 22.7 Å². The minimum atomic E-state index is -4.47. The van der Waals surface area contributed by atoms with E-state index < -0.39 is 21.6 Å². The summed E-state index contributed by atoms with van der Waals surface area (Å²) in [7, 11) is -3.34. The largest absolute Gasteiger partial charge is 0.417 e. The zero-order chi connectivity index (χ0) is 22.1. The molecule has 0 aliphatic carbocycles. The predicted molar refractivity (Wildman–Crippen MR) is 109 cm³/mol. The summed E-state index contributed by atoms with van der Waals surface area (Å²) in [6.07, 6.45) is -3.29. The fourth-order valence-electron chi connectivity index (χ4n) is 3.34. The van der Waals surface area contributed by atoms with E-state index in [1.54, 1.807) is 19.1 Å². The van der Waals surface area contributed by atoms with E-state index >= 15 is 0 Å². The molecule has 0 N–H and O–H groups in total. The summed E-state index contributed by atoms with van der Waals surface area (Å²) in [5.74, 6) is -0.211. The summed E-state index contributed by atoms with van der Waals surface area (Å²) < 4.78 is 63.1. The molecule has 30 heavy (non-hydrogen) atoms. The van der Waals surface area contributed by atoms with Crippen LogP contribution in [-0.2, 0) is 22.4 Å². The molecule has 0 saturated heterocycles. The van der Waals surface area contributed by atoms with Gasteiger partial charge in [0, 0.05) is 18.2 Å². The Hall–Kier alpha value is -2.93. The first-order valence-corrected chi connectivity index (χ1v) is 11.0. The standard InChI is InChI=1S/C23H19F3O3S/c1-15-13-16(7-12-22(15)30(2,28)29)14-21(27)18-10-8-17(9-11-18)19-5-3-4-6-20(19)23(24,25)26/h3-13H,14H2,1-2H3. The molecule has 156 valence electrons. The molecule has 0 aromatic heterocycles. The molecule has 0 saturated carbocycles. The molecule has 0 spiro atoms. The third-order valence-electron chi connectivity index (χ3n) is 4.75. The monoisotopic (exact) mass is 432 g/mol. The maximum absolute atomic E-state index is 13.2. The number of Topliss-reactive ketones (excluding diaryl/α,β-unsaturated/α-hetero) is 1. The van der Waals surface area contributed by atoms with E-state index in [1.807, 2.05) is 0 Å². The van der Waals surface area contributed by atoms with E-state index in [0.717, 1.165) is 12.3 Å². The lowest BCUT2D eigenvalue weighted by atomic mass is 9.96. The molecule has 7 heteroatoms. The quantitative estimate of drug-likeness (QED) is 0.500. The predicted octanol–water partition coefficient (Wildman–Crippen LogP) is 5.51. The van der Waals surface area contributed by atoms with Crippen LogP contribution in [0, 0.1) is 6.92 Å². The first-order chi connectivity index (χ1) is 14.0. The van der Waals surface area contributed by atoms with Crippen LogP contribution in [0.3, 0.4) is 0 Å². The highest BCUT2D eigenvalue weighted by molar-refractivity contribution is 7.90. The third kappa shape index (κ3) is 4.79. The van der Waals surface area contributed by atoms with Crippen LogP contribution in [0.1, 0.15) is 27.0 Å². The summed E-state index contributed by atoms with van der Waals surface area (Å²) in [4.78, 5) is 12.8. The number of sulfone groups is 1. The lowest BCUT2D eigenvalue weighted by molar-refractivity contribution is -0.137. The molecule has 3 aromatic carbocycles. The highest BCUT2D eigenvalue weighted by Crippen LogP contribution is 2.36. The third-order valence-corrected chi connectivity index (χ3v) is 6.01. The second-order valence-electron chi connectivity index (χ2n) is 7.09. The number of hydrogen-bond acceptors (Lipinski definition) is 3. The summed E-state index contributed by atoms with van der Waals surface area (Å²) >= 11 is 0. The zero-order valence-corrected chi connectivity index (χ0v) is 17.1. The molecule has 3 aromatic rings. The van der Waals surface area contributed by atoms with Gasteiger partial charge in [0.1, 0.15) is 0 Å². The van der Waals surface area contributed by atoms with Crippen LogP contribution in [0.5, 0.6) is 0 Å². The van der Waals surface area contributed by atoms with E-state index in [9.17, 15) is 26.4 Å². The molecular weight excluding hydrogens is 413 g/mol. The Morgan fingerprint density at radius 2 is 1.57 bits per heavy atom. The molecule has 0 aliphatic heterocycles. The number of halogens is 3. The van der Waals surface area contributed by atoms with Gasteiger partial charge in [0.15, 0.2) is 15.6 Å². The van der Waals surface area contributed by atoms with Gasteiger partial charge in [0.2, 0.25) is 0 Å². The molecule has 0 fully saturated rings. The SMILES string of the molecule is Cc1cc(CC(=O)c2ccc(-c3ccccc3C(F)(F)F)cc2)ccc1S(C)(=O)=O. The maximum atomic E-state index is 13.2. The summed E-state index contributed by atoms with van der Waals surface area (Å²) in [5.41, 5.74) is 1.28. The van der Waals surface area contributed by atoms with Crippen molar-refractivity contribution >= 4 is 15.6 Å². The van der Waals surface area contributed by atoms with Crippen LogP contribution in [0.4, 0.5) is 13.2 Å². The van der Waals surface area contributed by atoms with E-state index in [2.05, 4.69) is 0 Å². The number of alkyl halides is 3. The number of carbonyl (C=O) groups excluding carboxylic acids is 1. The van der Waals surface area contributed by atoms with Crippen molar-refractivity contribution in [3.8, 4) is 11.1 Å². The van der Waals surface area contributed by atoms with E-state index in [1.165, 1.54) is 48.5 Å². The highest BCUT2D eigenvalue weighted by atomic mass is 32.2. The Morgan fingerprint density at radius 3 is 2.13 bits per heavy atom. The second kappa shape index (κ2) is 8.07. The summed E-state index contributed by atoms with van der Waals surface area (Å²) in [6.45, 7) is 1.66. The number of hydrogen-bond donors (Lipinski definition) is 0. The highest BCUT2D eigenvalue weighted by Gasteiger charge is 2.33. The van der Waals surface area contributed by atoms with E-state index in [0.29, 0.717) is 22.3 Å². The Kier molecular flexibility index (Phi) is 5.85. The average Bonchev–Trinajstić information content (AvgIpc) is 2.66. The van der Waals surface area contributed by atoms with Crippen LogP contribution < -0.4 is 0 Å². The molecule has 0 bridgehead atoms. The number of aryl methyl sites for hydroxylation is 1. The van der Waals surface area contributed by atoms with Gasteiger partial charge in [0.25, 0.3) is 0 Å². The van der Waals surface area contributed by atoms with Crippen molar-refractivity contribution in [2.24, 2.45) is 0 Å². The second-order valence-corrected chi connectivity index (χ2v) is 9.08. The van der Waals surface area contributed by atoms with Crippen LogP contribution in [0.15, 0.2) is 71.6 Å². The van der Waals surface area contributed by atoms with Crippen molar-refractivity contribution in [2.45, 2.75) is 24.4 Å². The van der Waals surface area contributed by atoms with Gasteiger partial charge in [0.05, 0.1) is 10.5 Å². The fraction of sp³-hybridized carbons (Fsp3) is 0.174. The number of rotatable bonds is 5. The molecule has 0 amide bonds. The normalized spacial score (nSPS) is 12.0. The minimum Gasteiger partial charge on any atom is -0.294 e. The summed E-state index contributed by atoms with van der Waals surface area (Å²) in [5, 5.41) is 0. The Bertz CT molecular complexity index is 1200. The first kappa shape index (κ1) is 21.8. The van der Waals surface area contributed by atoms with E-state index in [4.69, 9.17) is 0 Å². The van der Waals surface area contributed by atoms with Gasteiger partial charge >= 0.3 is 6.18 Å². The molecule has 0 aliphatic rings. The van der Waals surface area contributed by atoms with Crippen molar-refractivity contribution in [3.63, 3.8) is 0 Å². The molecule has 0 heterocycles. The molecule has 3 nitrogen and oxygen atoms in total. The van der Waals surface area contributed by atoms with Gasteiger partial charge in [-0.3, -0.25) is 4.79 Å². The molecule has 3 rings (SSSR count). The Balaban J connectivity index is 1.83. The number of ketones is 1. The topological polar surface area (TPSA) is 51.2 Å². The molecule has 0 atom stereocenters. The smallest absolute Gasteiger partial charge is 0.294 e. The lowest BCUT2D eigenvalue weighted by Gasteiger charge is -2.13. The van der Waals surface area contributed by atoms with Crippen LogP contribution in [0.25, 0.3) is 11.1 Å². The maximum Gasteiger partial charge on any atom is 0.417 e. The van der Waals surface area contributed by atoms with Crippen LogP contribution in [0.2, 0.25) is 0 Å². The van der Waals surface area contributed by atoms with Gasteiger partial charge in [-0.25, -0.2) is 8.42 Å². The molecule has 0 radical (unpaired) electrons. The van der Waals surface area contributed by atoms with Crippen LogP contribution >= 0.6 is 0 Å². The van der Waals surface area contributed by atoms with Crippen LogP contribution in [-0.4, -0.2) is 20.5 Å². The molecule has 0 unspecified atom stereocenters. The Labute approximate surface area is 173 Å². The summed E-state index contributed by atoms with van der Waals surface area (Å²) in [6, 6.07) is 16.0. The lowest BCUT2D eigenvalue weighted by Crippen LogP contribution is -2.07. The molecular formula is C23H19F3O3S. The average molecular weight is 432 g/mol. The van der Waals surface area contributed by atoms with Gasteiger partial charge in [-0.05, 0) is 41.3 Å². The number of carbonyl (C=O) groups is 1. The van der Waals surface area contributed by atoms with Gasteiger partial charge in [-0.2, -0.15) is 13.2 Å². The van der Waals surface area contributed by atoms with Crippen molar-refractivity contribution in [1.29, 1.82) is 0 Å². The zero-order valence-electron chi connectivity index (χ0n) is 16.3.